The van der Waals surface area contributed by atoms with Gasteiger partial charge >= 0.3 is 0 Å². The van der Waals surface area contributed by atoms with Crippen LogP contribution in [0.15, 0.2) is 39.9 Å². The van der Waals surface area contributed by atoms with E-state index in [0.717, 1.165) is 5.56 Å². The second-order valence-electron chi connectivity index (χ2n) is 4.09. The van der Waals surface area contributed by atoms with Gasteiger partial charge in [0.15, 0.2) is 5.11 Å². The van der Waals surface area contributed by atoms with Crippen molar-refractivity contribution >= 4 is 56.4 Å². The number of nitrogen functional groups attached to an aromatic ring is 1. The number of hydrogen-bond acceptors (Lipinski definition) is 3. The van der Waals surface area contributed by atoms with Gasteiger partial charge in [0.25, 0.3) is 0 Å². The van der Waals surface area contributed by atoms with Gasteiger partial charge in [-0.2, -0.15) is 0 Å². The first-order valence-electron chi connectivity index (χ1n) is 5.74. The standard InChI is InChI=1S/C13H11BrClN5S/c14-8-5-6(11-9(15)2-1-3-19-11)4-7(10(8)16)12(17)20-13(18)21/h1-5H,16H2,(H4,17,18,20,21). The average Bonchev–Trinajstić information content (AvgIpc) is 2.41. The number of anilines is 1. The number of nitrogens with zero attached hydrogens (tertiary/aromatic N) is 2. The van der Waals surface area contributed by atoms with Crippen molar-refractivity contribution in [2.24, 2.45) is 16.5 Å². The Morgan fingerprint density at radius 2 is 2.05 bits per heavy atom. The first kappa shape index (κ1) is 15.7. The number of halogens is 2. The highest BCUT2D eigenvalue weighted by molar-refractivity contribution is 9.10. The Morgan fingerprint density at radius 1 is 1.33 bits per heavy atom. The molecule has 5 nitrogen and oxygen atoms in total. The molecular weight excluding hydrogens is 374 g/mol. The molecule has 0 radical (unpaired) electrons. The van der Waals surface area contributed by atoms with Crippen molar-refractivity contribution in [3.8, 4) is 11.3 Å². The van der Waals surface area contributed by atoms with Crippen LogP contribution >= 0.6 is 39.7 Å². The number of thiocarbonyl (C=S) groups is 1. The minimum absolute atomic E-state index is 0.0655. The molecule has 1 aromatic heterocycles. The quantitative estimate of drug-likeness (QED) is 0.320. The van der Waals surface area contributed by atoms with Crippen LogP contribution in [0, 0.1) is 0 Å². The summed E-state index contributed by atoms with van der Waals surface area (Å²) in [4.78, 5) is 8.11. The van der Waals surface area contributed by atoms with Crippen molar-refractivity contribution in [1.29, 1.82) is 0 Å². The van der Waals surface area contributed by atoms with Crippen molar-refractivity contribution < 1.29 is 0 Å². The number of amidine groups is 1. The Bertz CT molecular complexity index is 747. The first-order valence-corrected chi connectivity index (χ1v) is 7.32. The Hall–Kier alpha value is -1.70. The summed E-state index contributed by atoms with van der Waals surface area (Å²) in [5.41, 5.74) is 19.6. The van der Waals surface area contributed by atoms with Gasteiger partial charge in [0.2, 0.25) is 0 Å². The van der Waals surface area contributed by atoms with Crippen LogP contribution in [-0.2, 0) is 0 Å². The van der Waals surface area contributed by atoms with Gasteiger partial charge in [0.05, 0.1) is 16.4 Å². The zero-order chi connectivity index (χ0) is 15.6. The monoisotopic (exact) mass is 383 g/mol. The van der Waals surface area contributed by atoms with Gasteiger partial charge in [-0.1, -0.05) is 11.6 Å². The molecule has 1 heterocycles. The van der Waals surface area contributed by atoms with Crippen molar-refractivity contribution in [1.82, 2.24) is 4.98 Å². The maximum absolute atomic E-state index is 6.16. The van der Waals surface area contributed by atoms with Gasteiger partial charge in [-0.3, -0.25) is 4.98 Å². The van der Waals surface area contributed by atoms with E-state index in [1.807, 2.05) is 0 Å². The van der Waals surface area contributed by atoms with E-state index in [0.29, 0.717) is 26.4 Å². The molecule has 0 amide bonds. The van der Waals surface area contributed by atoms with Crippen LogP contribution < -0.4 is 17.2 Å². The van der Waals surface area contributed by atoms with Crippen molar-refractivity contribution in [3.63, 3.8) is 0 Å². The van der Waals surface area contributed by atoms with Crippen LogP contribution in [0.3, 0.4) is 0 Å². The lowest BCUT2D eigenvalue weighted by Crippen LogP contribution is -2.20. The predicted octanol–water partition coefficient (Wildman–Crippen LogP) is 2.70. The van der Waals surface area contributed by atoms with E-state index in [-0.39, 0.29) is 10.9 Å². The Balaban J connectivity index is 2.64. The third-order valence-electron chi connectivity index (χ3n) is 2.67. The molecule has 0 bridgehead atoms. The highest BCUT2D eigenvalue weighted by Gasteiger charge is 2.13. The largest absolute Gasteiger partial charge is 0.397 e. The molecule has 0 fully saturated rings. The normalized spacial score (nSPS) is 11.4. The average molecular weight is 385 g/mol. The van der Waals surface area contributed by atoms with Crippen LogP contribution in [0.1, 0.15) is 5.56 Å². The molecule has 2 rings (SSSR count). The summed E-state index contributed by atoms with van der Waals surface area (Å²) in [6, 6.07) is 7.05. The molecule has 0 spiro atoms. The lowest BCUT2D eigenvalue weighted by atomic mass is 10.0. The fourth-order valence-corrected chi connectivity index (χ4v) is 2.53. The predicted molar refractivity (Wildman–Crippen MR) is 94.3 cm³/mol. The Labute approximate surface area is 140 Å². The highest BCUT2D eigenvalue weighted by atomic mass is 79.9. The number of aliphatic imine (C=N–C) groups is 1. The van der Waals surface area contributed by atoms with Crippen molar-refractivity contribution in [2.45, 2.75) is 0 Å². The fraction of sp³-hybridized carbons (Fsp3) is 0. The molecule has 0 unspecified atom stereocenters. The molecule has 21 heavy (non-hydrogen) atoms. The molecule has 6 N–H and O–H groups in total. The third-order valence-corrected chi connectivity index (χ3v) is 3.72. The zero-order valence-electron chi connectivity index (χ0n) is 10.7. The van der Waals surface area contributed by atoms with Gasteiger partial charge in [-0.05, 0) is 52.4 Å². The summed E-state index contributed by atoms with van der Waals surface area (Å²) in [6.07, 6.45) is 1.65. The lowest BCUT2D eigenvalue weighted by Gasteiger charge is -2.11. The minimum atomic E-state index is -0.0655. The molecule has 2 aromatic rings. The number of hydrogen-bond donors (Lipinski definition) is 3. The molecule has 0 saturated carbocycles. The maximum atomic E-state index is 6.16. The molecule has 0 aliphatic rings. The minimum Gasteiger partial charge on any atom is -0.397 e. The van der Waals surface area contributed by atoms with Crippen LogP contribution in [-0.4, -0.2) is 15.9 Å². The molecule has 0 aliphatic carbocycles. The van der Waals surface area contributed by atoms with Gasteiger partial charge < -0.3 is 17.2 Å². The third kappa shape index (κ3) is 3.49. The summed E-state index contributed by atoms with van der Waals surface area (Å²) >= 11 is 14.3. The molecule has 8 heteroatoms. The van der Waals surface area contributed by atoms with E-state index in [9.17, 15) is 0 Å². The molecule has 0 atom stereocenters. The van der Waals surface area contributed by atoms with Crippen LogP contribution in [0.2, 0.25) is 5.02 Å². The number of rotatable bonds is 2. The Kier molecular flexibility index (Phi) is 4.76. The van der Waals surface area contributed by atoms with E-state index in [2.05, 4.69) is 25.9 Å². The number of aromatic nitrogens is 1. The van der Waals surface area contributed by atoms with Crippen molar-refractivity contribution in [2.75, 3.05) is 5.73 Å². The summed E-state index contributed by atoms with van der Waals surface area (Å²) < 4.78 is 0.651. The molecule has 0 saturated heterocycles. The second kappa shape index (κ2) is 6.38. The van der Waals surface area contributed by atoms with E-state index in [4.69, 9.17) is 41.0 Å². The van der Waals surface area contributed by atoms with E-state index in [1.165, 1.54) is 0 Å². The summed E-state index contributed by atoms with van der Waals surface area (Å²) in [6.45, 7) is 0. The Morgan fingerprint density at radius 3 is 2.67 bits per heavy atom. The van der Waals surface area contributed by atoms with Crippen molar-refractivity contribution in [3.05, 3.63) is 45.5 Å². The number of nitrogens with two attached hydrogens (primary N) is 3. The maximum Gasteiger partial charge on any atom is 0.192 e. The van der Waals surface area contributed by atoms with Crippen LogP contribution in [0.25, 0.3) is 11.3 Å². The van der Waals surface area contributed by atoms with E-state index >= 15 is 0 Å². The van der Waals surface area contributed by atoms with Gasteiger partial charge in [0.1, 0.15) is 5.84 Å². The number of pyridine rings is 1. The van der Waals surface area contributed by atoms with E-state index < -0.39 is 0 Å². The zero-order valence-corrected chi connectivity index (χ0v) is 13.8. The summed E-state index contributed by atoms with van der Waals surface area (Å²) in [5.74, 6) is 0.134. The molecule has 108 valence electrons. The molecule has 0 aliphatic heterocycles. The van der Waals surface area contributed by atoms with Gasteiger partial charge in [0, 0.05) is 21.8 Å². The SMILES string of the molecule is NC(=S)/N=C(\N)c1cc(-c2ncccc2Cl)cc(Br)c1N. The lowest BCUT2D eigenvalue weighted by molar-refractivity contribution is 1.32. The highest BCUT2D eigenvalue weighted by Crippen LogP contribution is 2.32. The van der Waals surface area contributed by atoms with E-state index in [1.54, 1.807) is 30.5 Å². The van der Waals surface area contributed by atoms with Gasteiger partial charge in [-0.25, -0.2) is 4.99 Å². The molecular formula is C13H11BrClN5S. The first-order chi connectivity index (χ1) is 9.90. The van der Waals surface area contributed by atoms with Crippen LogP contribution in [0.5, 0.6) is 0 Å². The summed E-state index contributed by atoms with van der Waals surface area (Å²) in [5, 5.41) is 0.453. The molecule has 1 aromatic carbocycles. The van der Waals surface area contributed by atoms with Gasteiger partial charge in [-0.15, -0.1) is 0 Å². The summed E-state index contributed by atoms with van der Waals surface area (Å²) in [7, 11) is 0. The topological polar surface area (TPSA) is 103 Å². The van der Waals surface area contributed by atoms with Crippen LogP contribution in [0.4, 0.5) is 5.69 Å². The fourth-order valence-electron chi connectivity index (χ4n) is 1.74. The number of benzene rings is 1. The smallest absolute Gasteiger partial charge is 0.192 e. The second-order valence-corrected chi connectivity index (χ2v) is 5.77.